The van der Waals surface area contributed by atoms with Crippen LogP contribution >= 0.6 is 0 Å². The summed E-state index contributed by atoms with van der Waals surface area (Å²) < 4.78 is 114. The third-order valence-electron chi connectivity index (χ3n) is 22.1. The normalized spacial score (nSPS) is 27.0. The molecule has 10 atom stereocenters. The molecule has 3 N–H and O–H groups in total. The van der Waals surface area contributed by atoms with Crippen molar-refractivity contribution in [2.24, 2.45) is 23.7 Å². The molecule has 24 nitrogen and oxygen atoms in total. The first-order valence-corrected chi connectivity index (χ1v) is 36.3. The second kappa shape index (κ2) is 34.4. The summed E-state index contributed by atoms with van der Waals surface area (Å²) in [4.78, 5) is 190. The van der Waals surface area contributed by atoms with Gasteiger partial charge in [-0.25, -0.2) is 8.78 Å². The van der Waals surface area contributed by atoms with Crippen molar-refractivity contribution >= 4 is 70.9 Å². The van der Waals surface area contributed by atoms with Crippen LogP contribution in [-0.4, -0.2) is 251 Å². The minimum absolute atomic E-state index is 0.000196. The van der Waals surface area contributed by atoms with Crippen LogP contribution in [-0.2, 0) is 82.7 Å². The van der Waals surface area contributed by atoms with Gasteiger partial charge in [0.1, 0.15) is 71.1 Å². The number of carbonyl (C=O) groups excluding carboxylic acids is 12. The van der Waals surface area contributed by atoms with Gasteiger partial charge in [-0.15, -0.1) is 0 Å². The van der Waals surface area contributed by atoms with E-state index in [2.05, 4.69) is 16.0 Å². The number of rotatable bonds is 11. The van der Waals surface area contributed by atoms with E-state index >= 15 is 37.5 Å². The standard InChI is InChI=1S/C74H100F8N12O12/c1-12-43(3)61-69(104)88(7)41-59(97)89(8)52-21-14-13-17-32-93(68(52)103)56(37-45-24-27-48(28-25-45)73(77,78)79)67(102)87(6)40-57(95)83-51(29-26-46-34-49(75)60(50(76)35-46)74(80,81)82)65(100)94-39-42(2)33-54(94)64(99)85-72(30-18-31-72)71(106)92(11)62(47-19-15-16-20-47)70(105)91(10)55(66(101)86(4)5)38-58(96)90(9)53(63(98)84-61)36-44-22-23-44/h13-14,24-25,27-28,34-35,42-44,47,51-56,61-62H,12,15-23,26,29-33,36-41H2,1-11H3,(H,83,95)(H,84,98)(H,85,99)/b14-13-/t42-,43-,51-,52-,53-,54-,55-,56-,61-,62-/m0/s1. The number of likely N-dealkylation sites (N-methyl/N-ethyl adjacent to an activating group) is 7. The lowest BCUT2D eigenvalue weighted by atomic mass is 9.74. The molecular formula is C74H100F8N12O12. The highest BCUT2D eigenvalue weighted by atomic mass is 19.4. The molecule has 2 bridgehead atoms. The van der Waals surface area contributed by atoms with Gasteiger partial charge in [0.25, 0.3) is 0 Å². The fraction of sp³-hybridized carbons (Fsp3) is 0.649. The number of amides is 12. The number of carbonyl (C=O) groups is 12. The molecule has 8 rings (SSSR count). The van der Waals surface area contributed by atoms with Gasteiger partial charge < -0.3 is 60.0 Å². The Morgan fingerprint density at radius 3 is 1.85 bits per heavy atom. The van der Waals surface area contributed by atoms with E-state index in [0.29, 0.717) is 50.7 Å². The molecule has 1 spiro atoms. The number of hydrogen-bond acceptors (Lipinski definition) is 12. The van der Waals surface area contributed by atoms with Gasteiger partial charge in [0.05, 0.1) is 25.1 Å². The van der Waals surface area contributed by atoms with Crippen molar-refractivity contribution < 1.29 is 92.7 Å². The average molecular weight is 1500 g/mol. The number of fused-ring (bicyclic) bond motifs is 3. The number of alkyl halides is 6. The summed E-state index contributed by atoms with van der Waals surface area (Å²) in [6.07, 6.45) is -4.44. The smallest absolute Gasteiger partial charge is 0.347 e. The number of benzene rings is 2. The summed E-state index contributed by atoms with van der Waals surface area (Å²) in [5, 5.41) is 8.32. The summed E-state index contributed by atoms with van der Waals surface area (Å²) in [5.74, 6) is -15.1. The molecule has 32 heteroatoms. The second-order valence-corrected chi connectivity index (χ2v) is 30.1. The number of hydrogen-bond donors (Lipinski definition) is 3. The number of aryl methyl sites for hydroxylation is 1. The van der Waals surface area contributed by atoms with Gasteiger partial charge >= 0.3 is 12.4 Å². The molecule has 6 aliphatic rings. The van der Waals surface area contributed by atoms with E-state index in [1.54, 1.807) is 32.9 Å². The van der Waals surface area contributed by atoms with E-state index in [0.717, 1.165) is 73.6 Å². The van der Waals surface area contributed by atoms with Gasteiger partial charge in [-0.05, 0) is 130 Å². The lowest BCUT2D eigenvalue weighted by Crippen LogP contribution is -2.68. The SMILES string of the molecule is CC[C@H](C)[C@@H]1NC(=O)[C@H](CC2CC2)N(C)C(=O)C[C@@H](C(=O)N(C)C)N(C)C(=O)[C@H](C2CCCC2)N(C)C(=O)C2(CCC2)NC(=O)[C@@H]2C[C@H](C)CN2C(=O)[C@H](CCc2cc(F)c(C(F)(F)F)c(F)c2)NC(=O)CN(C)C(=O)[C@H](Cc2ccc(C(F)(F)F)cc2)N2CC/C=C\C[C@@H](C2=O)N(C)C(=O)CN(C)C1=O. The quantitative estimate of drug-likeness (QED) is 0.180. The van der Waals surface area contributed by atoms with Crippen LogP contribution in [0.1, 0.15) is 146 Å². The highest BCUT2D eigenvalue weighted by molar-refractivity contribution is 6.01. The van der Waals surface area contributed by atoms with E-state index in [4.69, 9.17) is 0 Å². The van der Waals surface area contributed by atoms with Crippen molar-refractivity contribution in [3.05, 3.63) is 82.4 Å². The van der Waals surface area contributed by atoms with Crippen molar-refractivity contribution in [2.45, 2.75) is 203 Å². The van der Waals surface area contributed by atoms with Crippen molar-refractivity contribution in [1.82, 2.24) is 60.0 Å². The summed E-state index contributed by atoms with van der Waals surface area (Å²) in [5.41, 5.74) is -5.15. The van der Waals surface area contributed by atoms with Gasteiger partial charge in [0.2, 0.25) is 70.9 Å². The predicted molar refractivity (Wildman–Crippen MR) is 370 cm³/mol. The Hall–Kier alpha value is -8.74. The maximum atomic E-state index is 15.5. The fourth-order valence-electron chi connectivity index (χ4n) is 15.2. The summed E-state index contributed by atoms with van der Waals surface area (Å²) in [7, 11) is 10.8. The minimum Gasteiger partial charge on any atom is -0.347 e. The second-order valence-electron chi connectivity index (χ2n) is 30.1. The maximum Gasteiger partial charge on any atom is 0.422 e. The highest BCUT2D eigenvalue weighted by Gasteiger charge is 2.54. The molecule has 584 valence electrons. The summed E-state index contributed by atoms with van der Waals surface area (Å²) >= 11 is 0. The molecule has 3 saturated carbocycles. The van der Waals surface area contributed by atoms with Gasteiger partial charge in [-0.2, -0.15) is 26.3 Å². The zero-order valence-corrected chi connectivity index (χ0v) is 62.1. The molecule has 5 fully saturated rings. The minimum atomic E-state index is -5.44. The molecule has 12 amide bonds. The van der Waals surface area contributed by atoms with Gasteiger partial charge in [-0.1, -0.05) is 77.2 Å². The zero-order valence-electron chi connectivity index (χ0n) is 62.1. The molecule has 2 saturated heterocycles. The monoisotopic (exact) mass is 1500 g/mol. The maximum absolute atomic E-state index is 15.5. The Labute approximate surface area is 612 Å². The van der Waals surface area contributed by atoms with Crippen molar-refractivity contribution in [3.63, 3.8) is 0 Å². The fourth-order valence-corrected chi connectivity index (χ4v) is 15.2. The molecule has 0 unspecified atom stereocenters. The predicted octanol–water partition coefficient (Wildman–Crippen LogP) is 5.72. The third-order valence-corrected chi connectivity index (χ3v) is 22.1. The molecule has 2 aromatic carbocycles. The third kappa shape index (κ3) is 19.3. The van der Waals surface area contributed by atoms with Crippen LogP contribution in [0.4, 0.5) is 35.1 Å². The number of nitrogens with zero attached hydrogens (tertiary/aromatic N) is 9. The first-order chi connectivity index (χ1) is 49.7. The topological polar surface area (TPSA) is 270 Å². The molecule has 2 aromatic rings. The van der Waals surface area contributed by atoms with E-state index in [1.165, 1.54) is 64.0 Å². The van der Waals surface area contributed by atoms with Crippen molar-refractivity contribution in [3.8, 4) is 0 Å². The van der Waals surface area contributed by atoms with Crippen LogP contribution in [0.5, 0.6) is 0 Å². The van der Waals surface area contributed by atoms with E-state index in [1.807, 2.05) is 0 Å². The van der Waals surface area contributed by atoms with E-state index in [-0.39, 0.29) is 68.7 Å². The van der Waals surface area contributed by atoms with Crippen LogP contribution in [0.3, 0.4) is 0 Å². The van der Waals surface area contributed by atoms with Crippen LogP contribution in [0.25, 0.3) is 0 Å². The molecular weight excluding hydrogens is 1400 g/mol. The Morgan fingerprint density at radius 2 is 1.28 bits per heavy atom. The molecule has 3 aliphatic carbocycles. The molecule has 0 radical (unpaired) electrons. The highest BCUT2D eigenvalue weighted by Crippen LogP contribution is 2.40. The van der Waals surface area contributed by atoms with Gasteiger partial charge in [0.15, 0.2) is 0 Å². The summed E-state index contributed by atoms with van der Waals surface area (Å²) in [6, 6.07) is -6.90. The average Bonchev–Trinajstić information content (AvgIpc) is 1.14. The zero-order chi connectivity index (χ0) is 78.4. The van der Waals surface area contributed by atoms with Crippen molar-refractivity contribution in [2.75, 3.05) is 82.6 Å². The molecule has 106 heavy (non-hydrogen) atoms. The lowest BCUT2D eigenvalue weighted by molar-refractivity contribution is -0.158. The molecule has 3 aliphatic heterocycles. The van der Waals surface area contributed by atoms with Gasteiger partial charge in [0, 0.05) is 75.9 Å². The van der Waals surface area contributed by atoms with Crippen LogP contribution in [0.2, 0.25) is 0 Å². The number of nitrogens with one attached hydrogen (secondary N) is 3. The largest absolute Gasteiger partial charge is 0.422 e. The Balaban J connectivity index is 1.21. The van der Waals surface area contributed by atoms with Crippen LogP contribution < -0.4 is 16.0 Å². The Bertz CT molecular complexity index is 3630. The Kier molecular flexibility index (Phi) is 26.9. The number of halogens is 8. The van der Waals surface area contributed by atoms with Crippen LogP contribution in [0.15, 0.2) is 48.6 Å². The van der Waals surface area contributed by atoms with E-state index < -0.39 is 216 Å². The molecule has 3 heterocycles. The molecule has 0 aromatic heterocycles. The summed E-state index contributed by atoms with van der Waals surface area (Å²) in [6.45, 7) is 3.20. The van der Waals surface area contributed by atoms with Crippen LogP contribution in [0, 0.1) is 35.3 Å². The first-order valence-electron chi connectivity index (χ1n) is 36.3. The van der Waals surface area contributed by atoms with Gasteiger partial charge in [-0.3, -0.25) is 57.5 Å². The van der Waals surface area contributed by atoms with E-state index in [9.17, 15) is 55.1 Å². The lowest BCUT2D eigenvalue weighted by Gasteiger charge is -2.46. The first kappa shape index (κ1) is 82.9. The Morgan fingerprint density at radius 1 is 0.660 bits per heavy atom. The van der Waals surface area contributed by atoms with Crippen molar-refractivity contribution in [1.29, 1.82) is 0 Å².